The summed E-state index contributed by atoms with van der Waals surface area (Å²) >= 11 is 5.92. The molecular formula is C15H9ClN2O5. The average molecular weight is 333 g/mol. The number of ether oxygens (including phenoxy) is 1. The highest BCUT2D eigenvalue weighted by molar-refractivity contribution is 6.31. The summed E-state index contributed by atoms with van der Waals surface area (Å²) in [7, 11) is 0. The summed E-state index contributed by atoms with van der Waals surface area (Å²) in [5, 5.41) is 13.8. The number of aryl methyl sites for hydroxylation is 1. The van der Waals surface area contributed by atoms with Crippen molar-refractivity contribution in [3.63, 3.8) is 0 Å². The van der Waals surface area contributed by atoms with Crippen LogP contribution >= 0.6 is 11.6 Å². The Kier molecular flexibility index (Phi) is 3.49. The van der Waals surface area contributed by atoms with Crippen LogP contribution in [0.2, 0.25) is 5.02 Å². The zero-order chi connectivity index (χ0) is 16.7. The van der Waals surface area contributed by atoms with Crippen LogP contribution in [0.25, 0.3) is 0 Å². The van der Waals surface area contributed by atoms with Gasteiger partial charge in [0, 0.05) is 17.2 Å². The summed E-state index contributed by atoms with van der Waals surface area (Å²) in [4.78, 5) is 33.8. The Balaban J connectivity index is 2.09. The normalized spacial score (nSPS) is 12.8. The summed E-state index contributed by atoms with van der Waals surface area (Å²) in [5.41, 5.74) is 0.338. The fourth-order valence-corrected chi connectivity index (χ4v) is 2.33. The highest BCUT2D eigenvalue weighted by Gasteiger charge is 2.32. The molecule has 0 saturated heterocycles. The minimum atomic E-state index is -0.672. The van der Waals surface area contributed by atoms with Crippen LogP contribution in [0, 0.1) is 17.0 Å². The summed E-state index contributed by atoms with van der Waals surface area (Å²) < 4.78 is 5.52. The van der Waals surface area contributed by atoms with Crippen molar-refractivity contribution in [3.05, 3.63) is 62.2 Å². The van der Waals surface area contributed by atoms with E-state index in [0.29, 0.717) is 10.8 Å². The van der Waals surface area contributed by atoms with Crippen LogP contribution in [-0.4, -0.2) is 16.7 Å². The number of nitrogens with one attached hydrogen (secondary N) is 1. The number of amides is 2. The van der Waals surface area contributed by atoms with Gasteiger partial charge in [-0.1, -0.05) is 11.6 Å². The molecule has 0 radical (unpaired) electrons. The molecule has 2 amide bonds. The second kappa shape index (κ2) is 5.36. The molecule has 0 unspecified atom stereocenters. The topological polar surface area (TPSA) is 98.5 Å². The molecule has 1 N–H and O–H groups in total. The van der Waals surface area contributed by atoms with Crippen LogP contribution in [0.1, 0.15) is 26.3 Å². The van der Waals surface area contributed by atoms with E-state index >= 15 is 0 Å². The lowest BCUT2D eigenvalue weighted by Gasteiger charge is -2.09. The van der Waals surface area contributed by atoms with E-state index in [1.807, 2.05) is 0 Å². The van der Waals surface area contributed by atoms with Gasteiger partial charge in [0.15, 0.2) is 0 Å². The molecule has 116 valence electrons. The third kappa shape index (κ3) is 2.62. The van der Waals surface area contributed by atoms with Crippen molar-refractivity contribution in [2.75, 3.05) is 0 Å². The molecule has 0 aromatic heterocycles. The number of hydrogen-bond acceptors (Lipinski definition) is 5. The molecule has 0 saturated carbocycles. The monoisotopic (exact) mass is 332 g/mol. The van der Waals surface area contributed by atoms with Crippen molar-refractivity contribution in [1.29, 1.82) is 0 Å². The predicted octanol–water partition coefficient (Wildman–Crippen LogP) is 3.23. The zero-order valence-corrected chi connectivity index (χ0v) is 12.5. The van der Waals surface area contributed by atoms with Gasteiger partial charge in [0.25, 0.3) is 11.8 Å². The zero-order valence-electron chi connectivity index (χ0n) is 11.8. The Morgan fingerprint density at radius 3 is 2.39 bits per heavy atom. The van der Waals surface area contributed by atoms with Crippen molar-refractivity contribution >= 4 is 29.1 Å². The molecule has 2 aromatic rings. The van der Waals surface area contributed by atoms with E-state index in [9.17, 15) is 19.7 Å². The Morgan fingerprint density at radius 1 is 1.13 bits per heavy atom. The van der Waals surface area contributed by atoms with Gasteiger partial charge in [0.05, 0.1) is 16.1 Å². The molecule has 2 aromatic carbocycles. The second-order valence-corrected chi connectivity index (χ2v) is 5.33. The van der Waals surface area contributed by atoms with E-state index in [2.05, 4.69) is 5.32 Å². The highest BCUT2D eigenvalue weighted by atomic mass is 35.5. The van der Waals surface area contributed by atoms with Crippen molar-refractivity contribution in [1.82, 2.24) is 5.32 Å². The molecule has 0 spiro atoms. The van der Waals surface area contributed by atoms with Crippen molar-refractivity contribution in [3.8, 4) is 11.5 Å². The van der Waals surface area contributed by atoms with Crippen LogP contribution < -0.4 is 10.1 Å². The number of carbonyl (C=O) groups excluding carboxylic acids is 2. The van der Waals surface area contributed by atoms with Crippen molar-refractivity contribution in [2.24, 2.45) is 0 Å². The molecule has 0 fully saturated rings. The average Bonchev–Trinajstić information content (AvgIpc) is 2.76. The number of halogens is 1. The molecule has 23 heavy (non-hydrogen) atoms. The maximum Gasteiger partial charge on any atom is 0.312 e. The predicted molar refractivity (Wildman–Crippen MR) is 81.2 cm³/mol. The lowest BCUT2D eigenvalue weighted by Crippen LogP contribution is -2.19. The van der Waals surface area contributed by atoms with Gasteiger partial charge in [-0.2, -0.15) is 0 Å². The number of nitro benzene ring substituents is 1. The molecule has 0 aliphatic carbocycles. The molecule has 1 aliphatic heterocycles. The number of nitro groups is 1. The number of nitrogens with zero attached hydrogens (tertiary/aromatic N) is 1. The Labute approximate surface area is 135 Å². The molecule has 0 bridgehead atoms. The first-order chi connectivity index (χ1) is 10.9. The number of imide groups is 1. The van der Waals surface area contributed by atoms with Gasteiger partial charge in [-0.3, -0.25) is 25.0 Å². The molecule has 8 heteroatoms. The third-order valence-corrected chi connectivity index (χ3v) is 3.79. The Hall–Kier alpha value is -2.93. The summed E-state index contributed by atoms with van der Waals surface area (Å²) in [6.45, 7) is 1.76. The van der Waals surface area contributed by atoms with E-state index < -0.39 is 22.4 Å². The molecule has 0 atom stereocenters. The molecule has 7 nitrogen and oxygen atoms in total. The summed E-state index contributed by atoms with van der Waals surface area (Å²) in [6.07, 6.45) is 0. The first-order valence-corrected chi connectivity index (χ1v) is 6.86. The minimum Gasteiger partial charge on any atom is -0.450 e. The van der Waals surface area contributed by atoms with E-state index in [1.165, 1.54) is 6.07 Å². The van der Waals surface area contributed by atoms with E-state index in [0.717, 1.165) is 11.6 Å². The van der Waals surface area contributed by atoms with Gasteiger partial charge in [-0.15, -0.1) is 0 Å². The standard InChI is InChI=1S/C15H9ClN2O5/c1-7-4-8(2-3-11(7)16)23-13-6-10-9(5-12(13)18(21)22)14(19)17-15(10)20/h2-6H,1H3,(H,17,19,20). The molecular weight excluding hydrogens is 324 g/mol. The number of carbonyl (C=O) groups is 2. The highest BCUT2D eigenvalue weighted by Crippen LogP contribution is 2.36. The van der Waals surface area contributed by atoms with Crippen molar-refractivity contribution in [2.45, 2.75) is 6.92 Å². The third-order valence-electron chi connectivity index (χ3n) is 3.37. The van der Waals surface area contributed by atoms with E-state index in [4.69, 9.17) is 16.3 Å². The molecule has 3 rings (SSSR count). The smallest absolute Gasteiger partial charge is 0.312 e. The number of benzene rings is 2. The van der Waals surface area contributed by atoms with Crippen molar-refractivity contribution < 1.29 is 19.2 Å². The minimum absolute atomic E-state index is 0.0404. The Morgan fingerprint density at radius 2 is 1.78 bits per heavy atom. The van der Waals surface area contributed by atoms with Crippen LogP contribution in [-0.2, 0) is 0 Å². The Bertz CT molecular complexity index is 878. The first kappa shape index (κ1) is 15.0. The maximum absolute atomic E-state index is 11.7. The van der Waals surface area contributed by atoms with Gasteiger partial charge < -0.3 is 4.74 Å². The van der Waals surface area contributed by atoms with Gasteiger partial charge >= 0.3 is 5.69 Å². The fourth-order valence-electron chi connectivity index (χ4n) is 2.21. The van der Waals surface area contributed by atoms with Gasteiger partial charge in [0.1, 0.15) is 5.75 Å². The largest absolute Gasteiger partial charge is 0.450 e. The quantitative estimate of drug-likeness (QED) is 0.528. The van der Waals surface area contributed by atoms with Crippen LogP contribution in [0.3, 0.4) is 0 Å². The first-order valence-electron chi connectivity index (χ1n) is 6.49. The maximum atomic E-state index is 11.7. The van der Waals surface area contributed by atoms with Crippen LogP contribution in [0.4, 0.5) is 5.69 Å². The van der Waals surface area contributed by atoms with E-state index in [-0.39, 0.29) is 16.9 Å². The second-order valence-electron chi connectivity index (χ2n) is 4.92. The van der Waals surface area contributed by atoms with Gasteiger partial charge in [-0.05, 0) is 30.7 Å². The fraction of sp³-hybridized carbons (Fsp3) is 0.0667. The number of rotatable bonds is 3. The summed E-state index contributed by atoms with van der Waals surface area (Å²) in [6, 6.07) is 7.00. The number of fused-ring (bicyclic) bond motifs is 1. The SMILES string of the molecule is Cc1cc(Oc2cc3c(cc2[N+](=O)[O-])C(=O)NC3=O)ccc1Cl. The number of hydrogen-bond donors (Lipinski definition) is 1. The van der Waals surface area contributed by atoms with Gasteiger partial charge in [0.2, 0.25) is 5.75 Å². The van der Waals surface area contributed by atoms with Gasteiger partial charge in [-0.25, -0.2) is 0 Å². The van der Waals surface area contributed by atoms with E-state index in [1.54, 1.807) is 25.1 Å². The summed E-state index contributed by atoms with van der Waals surface area (Å²) in [5.74, 6) is -1.07. The molecule has 1 aliphatic rings. The lowest BCUT2D eigenvalue weighted by molar-refractivity contribution is -0.385. The molecule has 1 heterocycles. The van der Waals surface area contributed by atoms with Crippen LogP contribution in [0.15, 0.2) is 30.3 Å². The van der Waals surface area contributed by atoms with Crippen LogP contribution in [0.5, 0.6) is 11.5 Å². The lowest BCUT2D eigenvalue weighted by atomic mass is 10.1.